The lowest BCUT2D eigenvalue weighted by atomic mass is 9.72. The van der Waals surface area contributed by atoms with Gasteiger partial charge in [0, 0.05) is 77.1 Å². The van der Waals surface area contributed by atoms with Gasteiger partial charge in [0.15, 0.2) is 0 Å². The van der Waals surface area contributed by atoms with Gasteiger partial charge in [0.1, 0.15) is 11.6 Å². The van der Waals surface area contributed by atoms with Crippen molar-refractivity contribution in [2.45, 2.75) is 39.2 Å². The summed E-state index contributed by atoms with van der Waals surface area (Å²) in [7, 11) is 0. The third kappa shape index (κ3) is 4.00. The van der Waals surface area contributed by atoms with Gasteiger partial charge in [0.05, 0.1) is 5.54 Å². The Bertz CT molecular complexity index is 1570. The summed E-state index contributed by atoms with van der Waals surface area (Å²) in [5.41, 5.74) is 6.84. The van der Waals surface area contributed by atoms with Crippen molar-refractivity contribution in [3.05, 3.63) is 65.4 Å². The Balaban J connectivity index is 1.09. The number of carbonyl (C=O) groups is 1. The summed E-state index contributed by atoms with van der Waals surface area (Å²) in [6.45, 7) is 9.86. The van der Waals surface area contributed by atoms with E-state index < -0.39 is 0 Å². The van der Waals surface area contributed by atoms with Gasteiger partial charge in [0.25, 0.3) is 0 Å². The summed E-state index contributed by atoms with van der Waals surface area (Å²) in [4.78, 5) is 29.9. The van der Waals surface area contributed by atoms with Gasteiger partial charge >= 0.3 is 0 Å². The van der Waals surface area contributed by atoms with Crippen molar-refractivity contribution in [2.75, 3.05) is 37.6 Å². The van der Waals surface area contributed by atoms with E-state index in [1.165, 1.54) is 0 Å². The molecule has 2 N–H and O–H groups in total. The number of aryl methyl sites for hydroxylation is 3. The number of rotatable bonds is 4. The van der Waals surface area contributed by atoms with E-state index in [9.17, 15) is 4.79 Å². The number of halogens is 1. The molecule has 39 heavy (non-hydrogen) atoms. The first kappa shape index (κ1) is 24.3. The van der Waals surface area contributed by atoms with Gasteiger partial charge < -0.3 is 20.1 Å². The molecule has 7 nitrogen and oxygen atoms in total. The smallest absolute Gasteiger partial charge is 0.243 e. The zero-order chi connectivity index (χ0) is 26.9. The van der Waals surface area contributed by atoms with Gasteiger partial charge in [0.2, 0.25) is 5.91 Å². The van der Waals surface area contributed by atoms with Gasteiger partial charge in [-0.1, -0.05) is 0 Å². The molecule has 3 aromatic heterocycles. The van der Waals surface area contributed by atoms with Gasteiger partial charge in [-0.25, -0.2) is 9.37 Å². The van der Waals surface area contributed by atoms with E-state index in [1.807, 2.05) is 56.0 Å². The van der Waals surface area contributed by atoms with Crippen molar-refractivity contribution in [3.63, 3.8) is 0 Å². The molecule has 1 aliphatic carbocycles. The fraction of sp³-hybridized carbons (Fsp3) is 0.387. The fourth-order valence-corrected chi connectivity index (χ4v) is 6.82. The minimum Gasteiger partial charge on any atom is -0.354 e. The highest BCUT2D eigenvalue weighted by Crippen LogP contribution is 2.44. The number of piperazine rings is 1. The number of H-pyrrole nitrogens is 1. The van der Waals surface area contributed by atoms with Crippen LogP contribution >= 0.6 is 0 Å². The number of hydrogen-bond donors (Lipinski definition) is 2. The van der Waals surface area contributed by atoms with E-state index in [4.69, 9.17) is 0 Å². The van der Waals surface area contributed by atoms with Gasteiger partial charge in [-0.2, -0.15) is 0 Å². The summed E-state index contributed by atoms with van der Waals surface area (Å²) in [5, 5.41) is 4.32. The average Bonchev–Trinajstić information content (AvgIpc) is 3.62. The third-order valence-corrected chi connectivity index (χ3v) is 8.88. The first-order valence-electron chi connectivity index (χ1n) is 13.8. The predicted molar refractivity (Wildman–Crippen MR) is 151 cm³/mol. The van der Waals surface area contributed by atoms with Crippen molar-refractivity contribution in [2.24, 2.45) is 5.92 Å². The quantitative estimate of drug-likeness (QED) is 0.403. The maximum absolute atomic E-state index is 15.4. The number of nitrogens with zero attached hydrogens (tertiary/aromatic N) is 4. The Morgan fingerprint density at radius 2 is 1.74 bits per heavy atom. The Labute approximate surface area is 227 Å². The summed E-state index contributed by atoms with van der Waals surface area (Å²) in [5.74, 6) is 1.54. The number of carbonyl (C=O) groups excluding carboxylic acids is 1. The van der Waals surface area contributed by atoms with E-state index in [2.05, 4.69) is 25.2 Å². The molecule has 4 aliphatic rings. The second kappa shape index (κ2) is 8.88. The normalized spacial score (nSPS) is 22.4. The zero-order valence-corrected chi connectivity index (χ0v) is 22.6. The van der Waals surface area contributed by atoms with Crippen LogP contribution < -0.4 is 10.2 Å². The van der Waals surface area contributed by atoms with Crippen LogP contribution in [-0.4, -0.2) is 64.0 Å². The van der Waals surface area contributed by atoms with Crippen LogP contribution in [0.4, 0.5) is 10.2 Å². The molecule has 8 heteroatoms. The highest BCUT2D eigenvalue weighted by Gasteiger charge is 2.56. The van der Waals surface area contributed by atoms with Gasteiger partial charge in [-0.05, 0) is 88.0 Å². The predicted octanol–water partition coefficient (Wildman–Crippen LogP) is 4.76. The van der Waals surface area contributed by atoms with Crippen LogP contribution in [0.25, 0.3) is 33.3 Å². The lowest BCUT2D eigenvalue weighted by Crippen LogP contribution is -2.61. The van der Waals surface area contributed by atoms with E-state index >= 15 is 4.39 Å². The number of aromatic nitrogens is 3. The van der Waals surface area contributed by atoms with Crippen LogP contribution in [0.15, 0.2) is 42.6 Å². The zero-order valence-electron chi connectivity index (χ0n) is 22.6. The number of amides is 1. The number of hydrogen-bond acceptors (Lipinski definition) is 5. The Morgan fingerprint density at radius 3 is 2.38 bits per heavy atom. The summed E-state index contributed by atoms with van der Waals surface area (Å²) in [6, 6.07) is 11.5. The van der Waals surface area contributed by atoms with Gasteiger partial charge in [-0.15, -0.1) is 0 Å². The topological polar surface area (TPSA) is 77.2 Å². The molecule has 3 aliphatic heterocycles. The summed E-state index contributed by atoms with van der Waals surface area (Å²) < 4.78 is 15.4. The first-order chi connectivity index (χ1) is 18.8. The van der Waals surface area contributed by atoms with E-state index in [0.717, 1.165) is 83.0 Å². The molecule has 1 aromatic carbocycles. The van der Waals surface area contributed by atoms with E-state index in [0.29, 0.717) is 24.6 Å². The van der Waals surface area contributed by atoms with E-state index in [1.54, 1.807) is 12.3 Å². The van der Waals surface area contributed by atoms with Crippen molar-refractivity contribution in [1.82, 2.24) is 25.2 Å². The van der Waals surface area contributed by atoms with Crippen LogP contribution in [0, 0.1) is 32.5 Å². The van der Waals surface area contributed by atoms with Crippen molar-refractivity contribution in [1.29, 1.82) is 0 Å². The van der Waals surface area contributed by atoms with Crippen LogP contribution in [0.2, 0.25) is 0 Å². The minimum atomic E-state index is -0.285. The average molecular weight is 525 g/mol. The molecule has 1 saturated carbocycles. The molecule has 2 bridgehead atoms. The molecule has 0 unspecified atom stereocenters. The highest BCUT2D eigenvalue weighted by molar-refractivity contribution is 5.93. The number of benzene rings is 1. The maximum Gasteiger partial charge on any atom is 0.243 e. The SMILES string of the molecule is Cc1cc(-c2[nH]c3cc(-c4ccc(N5CCN(C(=O)C67CC(CN6)C7)CC5)nc4)c(F)cc3c2C)cc(C)n1. The molecule has 0 radical (unpaired) electrons. The number of fused-ring (bicyclic) bond motifs is 2. The fourth-order valence-electron chi connectivity index (χ4n) is 6.82. The summed E-state index contributed by atoms with van der Waals surface area (Å²) >= 11 is 0. The molecule has 3 saturated heterocycles. The van der Waals surface area contributed by atoms with E-state index in [-0.39, 0.29) is 17.3 Å². The number of pyridine rings is 2. The van der Waals surface area contributed by atoms with Crippen LogP contribution in [-0.2, 0) is 4.79 Å². The lowest BCUT2D eigenvalue weighted by molar-refractivity contribution is -0.141. The molecule has 0 atom stereocenters. The van der Waals surface area contributed by atoms with Crippen molar-refractivity contribution in [3.8, 4) is 22.4 Å². The van der Waals surface area contributed by atoms with Crippen molar-refractivity contribution >= 4 is 22.6 Å². The van der Waals surface area contributed by atoms with Crippen LogP contribution in [0.3, 0.4) is 0 Å². The van der Waals surface area contributed by atoms with Crippen molar-refractivity contribution < 1.29 is 9.18 Å². The lowest BCUT2D eigenvalue weighted by Gasteiger charge is -2.43. The molecule has 8 rings (SSSR count). The molecular weight excluding hydrogens is 491 g/mol. The molecule has 6 heterocycles. The Hall–Kier alpha value is -3.78. The molecule has 4 fully saturated rings. The second-order valence-electron chi connectivity index (χ2n) is 11.6. The van der Waals surface area contributed by atoms with Gasteiger partial charge in [-0.3, -0.25) is 9.78 Å². The maximum atomic E-state index is 15.4. The third-order valence-electron chi connectivity index (χ3n) is 8.88. The number of aromatic amines is 1. The standard InChI is InChI=1S/C31H33FN6O/c1-18-10-23(11-19(2)35-18)29-20(3)24-12-26(32)25(13-27(24)36-29)22-4-5-28(33-17-22)37-6-8-38(9-7-37)30(39)31-14-21(15-31)16-34-31/h4-5,10-13,17,21,34,36H,6-9,14-16H2,1-3H3. The largest absolute Gasteiger partial charge is 0.354 e. The molecule has 0 spiro atoms. The highest BCUT2D eigenvalue weighted by atomic mass is 19.1. The number of nitrogens with one attached hydrogen (secondary N) is 2. The monoisotopic (exact) mass is 524 g/mol. The molecule has 200 valence electrons. The van der Waals surface area contributed by atoms with Crippen LogP contribution in [0.5, 0.6) is 0 Å². The first-order valence-corrected chi connectivity index (χ1v) is 13.8. The van der Waals surface area contributed by atoms with Crippen LogP contribution in [0.1, 0.15) is 29.8 Å². The minimum absolute atomic E-state index is 0.266. The summed E-state index contributed by atoms with van der Waals surface area (Å²) in [6.07, 6.45) is 3.73. The number of anilines is 1. The molecule has 4 aromatic rings. The second-order valence-corrected chi connectivity index (χ2v) is 11.6. The molecule has 1 amide bonds. The molecular formula is C31H33FN6O. The Morgan fingerprint density at radius 1 is 1.00 bits per heavy atom. The Kier molecular flexibility index (Phi) is 5.53.